The van der Waals surface area contributed by atoms with Gasteiger partial charge in [-0.3, -0.25) is 9.36 Å². The Hall–Kier alpha value is -2.38. The van der Waals surface area contributed by atoms with Crippen molar-refractivity contribution in [2.75, 3.05) is 5.32 Å². The lowest BCUT2D eigenvalue weighted by Crippen LogP contribution is -2.23. The van der Waals surface area contributed by atoms with Crippen molar-refractivity contribution in [3.63, 3.8) is 0 Å². The van der Waals surface area contributed by atoms with Crippen LogP contribution in [0.15, 0.2) is 53.8 Å². The molecule has 1 aromatic carbocycles. The monoisotopic (exact) mass is 373 g/mol. The van der Waals surface area contributed by atoms with Gasteiger partial charge in [-0.25, -0.2) is 4.98 Å². The molecule has 3 rings (SSSR count). The Bertz CT molecular complexity index is 867. The quantitative estimate of drug-likeness (QED) is 0.689. The van der Waals surface area contributed by atoms with E-state index in [2.05, 4.69) is 20.5 Å². The van der Waals surface area contributed by atoms with Gasteiger partial charge in [-0.15, -0.1) is 10.2 Å². The summed E-state index contributed by atoms with van der Waals surface area (Å²) in [6, 6.07) is 13.1. The van der Waals surface area contributed by atoms with Gasteiger partial charge < -0.3 is 5.32 Å². The molecule has 128 valence electrons. The average molecular weight is 374 g/mol. The highest BCUT2D eigenvalue weighted by Gasteiger charge is 2.20. The lowest BCUT2D eigenvalue weighted by Gasteiger charge is -2.13. The Morgan fingerprint density at radius 1 is 1.20 bits per heavy atom. The molecule has 2 aromatic heterocycles. The topological polar surface area (TPSA) is 72.7 Å². The third kappa shape index (κ3) is 4.18. The van der Waals surface area contributed by atoms with Crippen LogP contribution in [0.1, 0.15) is 12.7 Å². The summed E-state index contributed by atoms with van der Waals surface area (Å²) in [6.07, 6.45) is 1.49. The average Bonchev–Trinajstić information content (AvgIpc) is 2.98. The number of nitrogens with one attached hydrogen (secondary N) is 1. The van der Waals surface area contributed by atoms with E-state index in [4.69, 9.17) is 11.6 Å². The summed E-state index contributed by atoms with van der Waals surface area (Å²) in [4.78, 5) is 16.5. The molecule has 0 saturated carbocycles. The molecule has 8 heteroatoms. The summed E-state index contributed by atoms with van der Waals surface area (Å²) in [5, 5.41) is 11.9. The molecule has 1 N–H and O–H groups in total. The third-order valence-corrected chi connectivity index (χ3v) is 4.71. The minimum atomic E-state index is -0.372. The predicted octanol–water partition coefficient (Wildman–Crippen LogP) is 3.74. The number of hydrogen-bond donors (Lipinski definition) is 1. The van der Waals surface area contributed by atoms with E-state index in [1.54, 1.807) is 12.1 Å². The van der Waals surface area contributed by atoms with Gasteiger partial charge in [0.25, 0.3) is 0 Å². The number of halogens is 1. The van der Waals surface area contributed by atoms with Gasteiger partial charge in [-0.05, 0) is 38.1 Å². The van der Waals surface area contributed by atoms with Crippen LogP contribution in [0.2, 0.25) is 5.02 Å². The first-order valence-corrected chi connectivity index (χ1v) is 8.87. The minimum Gasteiger partial charge on any atom is -0.310 e. The fraction of sp³-hybridized carbons (Fsp3) is 0.176. The summed E-state index contributed by atoms with van der Waals surface area (Å²) in [7, 11) is 0. The maximum absolute atomic E-state index is 12.4. The molecule has 3 aromatic rings. The minimum absolute atomic E-state index is 0.167. The van der Waals surface area contributed by atoms with Crippen molar-refractivity contribution in [2.24, 2.45) is 0 Å². The summed E-state index contributed by atoms with van der Waals surface area (Å²) in [5.74, 6) is 1.06. The predicted molar refractivity (Wildman–Crippen MR) is 99.3 cm³/mol. The van der Waals surface area contributed by atoms with Crippen LogP contribution in [0.5, 0.6) is 0 Å². The van der Waals surface area contributed by atoms with Gasteiger partial charge >= 0.3 is 0 Å². The number of aryl methyl sites for hydroxylation is 1. The number of para-hydroxylation sites is 1. The van der Waals surface area contributed by atoms with E-state index in [0.29, 0.717) is 16.0 Å². The molecule has 0 aliphatic heterocycles. The molecule has 6 nitrogen and oxygen atoms in total. The van der Waals surface area contributed by atoms with Crippen LogP contribution in [0.3, 0.4) is 0 Å². The third-order valence-electron chi connectivity index (χ3n) is 3.44. The Kier molecular flexibility index (Phi) is 5.35. The highest BCUT2D eigenvalue weighted by atomic mass is 35.5. The fourth-order valence-corrected chi connectivity index (χ4v) is 3.21. The van der Waals surface area contributed by atoms with Gasteiger partial charge in [0, 0.05) is 11.9 Å². The molecule has 2 heterocycles. The number of hydrogen-bond acceptors (Lipinski definition) is 5. The van der Waals surface area contributed by atoms with E-state index >= 15 is 0 Å². The number of nitrogens with zero attached hydrogens (tertiary/aromatic N) is 4. The summed E-state index contributed by atoms with van der Waals surface area (Å²) in [5.41, 5.74) is 0.958. The van der Waals surface area contributed by atoms with Crippen LogP contribution in [-0.2, 0) is 4.79 Å². The fourth-order valence-electron chi connectivity index (χ4n) is 2.18. The van der Waals surface area contributed by atoms with Gasteiger partial charge in [0.1, 0.15) is 11.6 Å². The Morgan fingerprint density at radius 2 is 1.96 bits per heavy atom. The lowest BCUT2D eigenvalue weighted by molar-refractivity contribution is -0.115. The first kappa shape index (κ1) is 17.4. The van der Waals surface area contributed by atoms with Crippen LogP contribution < -0.4 is 5.32 Å². The van der Waals surface area contributed by atoms with Crippen LogP contribution in [0.25, 0.3) is 5.69 Å². The van der Waals surface area contributed by atoms with E-state index < -0.39 is 0 Å². The lowest BCUT2D eigenvalue weighted by atomic mass is 10.3. The highest BCUT2D eigenvalue weighted by molar-refractivity contribution is 8.00. The maximum atomic E-state index is 12.4. The van der Waals surface area contributed by atoms with Gasteiger partial charge in [-0.1, -0.05) is 41.6 Å². The number of carbonyl (C=O) groups is 1. The molecule has 0 unspecified atom stereocenters. The number of pyridine rings is 1. The second-order valence-electron chi connectivity index (χ2n) is 5.31. The van der Waals surface area contributed by atoms with E-state index in [-0.39, 0.29) is 11.2 Å². The number of anilines is 1. The molecule has 0 saturated heterocycles. The summed E-state index contributed by atoms with van der Waals surface area (Å²) < 4.78 is 1.93. The molecule has 0 radical (unpaired) electrons. The van der Waals surface area contributed by atoms with E-state index in [0.717, 1.165) is 11.5 Å². The zero-order valence-corrected chi connectivity index (χ0v) is 15.3. The second-order valence-corrected chi connectivity index (χ2v) is 7.06. The first-order chi connectivity index (χ1) is 12.0. The van der Waals surface area contributed by atoms with Crippen molar-refractivity contribution in [1.82, 2.24) is 19.7 Å². The molecule has 1 amide bonds. The maximum Gasteiger partial charge on any atom is 0.238 e. The zero-order valence-electron chi connectivity index (χ0n) is 13.7. The van der Waals surface area contributed by atoms with Crippen LogP contribution in [0.4, 0.5) is 5.82 Å². The molecule has 0 bridgehead atoms. The number of aromatic nitrogens is 4. The van der Waals surface area contributed by atoms with E-state index in [1.165, 1.54) is 18.0 Å². The molecule has 1 atom stereocenters. The van der Waals surface area contributed by atoms with Crippen LogP contribution in [-0.4, -0.2) is 30.9 Å². The largest absolute Gasteiger partial charge is 0.310 e. The number of rotatable bonds is 5. The molecule has 0 aliphatic carbocycles. The van der Waals surface area contributed by atoms with Crippen molar-refractivity contribution in [1.29, 1.82) is 0 Å². The standard InChI is InChI=1S/C17H16ClN5OS/c1-11(16(24)20-15-9-8-13(18)10-19-15)25-17-22-21-12(2)23(17)14-6-4-3-5-7-14/h3-11H,1-2H3,(H,19,20,24)/t11-/m0/s1. The zero-order chi connectivity index (χ0) is 17.8. The molecule has 0 spiro atoms. The molecule has 0 aliphatic rings. The van der Waals surface area contributed by atoms with Crippen molar-refractivity contribution < 1.29 is 4.79 Å². The molecule has 25 heavy (non-hydrogen) atoms. The van der Waals surface area contributed by atoms with Crippen molar-refractivity contribution in [2.45, 2.75) is 24.3 Å². The van der Waals surface area contributed by atoms with E-state index in [9.17, 15) is 4.79 Å². The SMILES string of the molecule is Cc1nnc(S[C@@H](C)C(=O)Nc2ccc(Cl)cn2)n1-c1ccccc1. The van der Waals surface area contributed by atoms with Gasteiger partial charge in [0.2, 0.25) is 5.91 Å². The van der Waals surface area contributed by atoms with Gasteiger partial charge in [0.05, 0.1) is 10.3 Å². The number of amides is 1. The Morgan fingerprint density at radius 3 is 2.64 bits per heavy atom. The molecular formula is C17H16ClN5OS. The Labute approximate surface area is 154 Å². The van der Waals surface area contributed by atoms with Crippen molar-refractivity contribution in [3.8, 4) is 5.69 Å². The van der Waals surface area contributed by atoms with Crippen molar-refractivity contribution in [3.05, 3.63) is 59.5 Å². The number of carbonyl (C=O) groups excluding carboxylic acids is 1. The second kappa shape index (κ2) is 7.67. The van der Waals surface area contributed by atoms with Gasteiger partial charge in [-0.2, -0.15) is 0 Å². The van der Waals surface area contributed by atoms with Crippen LogP contribution in [0, 0.1) is 6.92 Å². The summed E-state index contributed by atoms with van der Waals surface area (Å²) >= 11 is 7.14. The van der Waals surface area contributed by atoms with Crippen molar-refractivity contribution >= 4 is 35.1 Å². The number of thioether (sulfide) groups is 1. The van der Waals surface area contributed by atoms with Gasteiger partial charge in [0.15, 0.2) is 5.16 Å². The first-order valence-electron chi connectivity index (χ1n) is 7.61. The van der Waals surface area contributed by atoms with Crippen LogP contribution >= 0.6 is 23.4 Å². The molecular weight excluding hydrogens is 358 g/mol. The Balaban J connectivity index is 1.74. The number of benzene rings is 1. The summed E-state index contributed by atoms with van der Waals surface area (Å²) in [6.45, 7) is 3.70. The smallest absolute Gasteiger partial charge is 0.238 e. The molecule has 0 fully saturated rings. The normalized spacial score (nSPS) is 12.0. The highest BCUT2D eigenvalue weighted by Crippen LogP contribution is 2.26. The van der Waals surface area contributed by atoms with E-state index in [1.807, 2.05) is 48.7 Å².